The lowest BCUT2D eigenvalue weighted by Gasteiger charge is -2.10. The van der Waals surface area contributed by atoms with Crippen molar-refractivity contribution in [3.63, 3.8) is 0 Å². The van der Waals surface area contributed by atoms with E-state index in [0.29, 0.717) is 5.69 Å². The molecule has 0 radical (unpaired) electrons. The first-order valence-corrected chi connectivity index (χ1v) is 7.98. The van der Waals surface area contributed by atoms with Crippen LogP contribution in [0.5, 0.6) is 0 Å². The van der Waals surface area contributed by atoms with Crippen LogP contribution >= 0.6 is 0 Å². The van der Waals surface area contributed by atoms with Crippen LogP contribution in [0.1, 0.15) is 22.8 Å². The Morgan fingerprint density at radius 2 is 1.59 bits per heavy atom. The molecule has 0 aromatic heterocycles. The first kappa shape index (κ1) is 20.0. The molecule has 140 valence electrons. The van der Waals surface area contributed by atoms with E-state index in [9.17, 15) is 22.8 Å². The quantitative estimate of drug-likeness (QED) is 0.570. The normalized spacial score (nSPS) is 11.7. The van der Waals surface area contributed by atoms with Crippen molar-refractivity contribution < 1.29 is 22.8 Å². The highest BCUT2D eigenvalue weighted by atomic mass is 19.4. The lowest BCUT2D eigenvalue weighted by atomic mass is 10.1. The van der Waals surface area contributed by atoms with Gasteiger partial charge in [0.05, 0.1) is 5.56 Å². The number of benzene rings is 2. The molecule has 0 spiro atoms. The molecular formula is C20H17F3N2O2. The summed E-state index contributed by atoms with van der Waals surface area (Å²) in [6.07, 6.45) is 1.86. The first-order valence-electron chi connectivity index (χ1n) is 7.98. The van der Waals surface area contributed by atoms with Crippen molar-refractivity contribution in [2.24, 2.45) is 0 Å². The number of nitrogens with one attached hydrogen (secondary N) is 2. The molecule has 0 heterocycles. The largest absolute Gasteiger partial charge is 0.416 e. The summed E-state index contributed by atoms with van der Waals surface area (Å²) in [5, 5.41) is 5.02. The van der Waals surface area contributed by atoms with Gasteiger partial charge < -0.3 is 10.6 Å². The smallest absolute Gasteiger partial charge is 0.322 e. The summed E-state index contributed by atoms with van der Waals surface area (Å²) in [5.74, 6) is -0.960. The maximum atomic E-state index is 12.8. The van der Waals surface area contributed by atoms with Crippen molar-refractivity contribution in [3.8, 4) is 0 Å². The number of hydrogen-bond donors (Lipinski definition) is 2. The van der Waals surface area contributed by atoms with Crippen molar-refractivity contribution in [3.05, 3.63) is 84.0 Å². The van der Waals surface area contributed by atoms with Gasteiger partial charge in [0.1, 0.15) is 0 Å². The molecule has 4 nitrogen and oxygen atoms in total. The molecule has 0 fully saturated rings. The van der Waals surface area contributed by atoms with Gasteiger partial charge in [-0.2, -0.15) is 13.2 Å². The van der Waals surface area contributed by atoms with Gasteiger partial charge in [0.25, 0.3) is 5.91 Å². The highest BCUT2D eigenvalue weighted by Crippen LogP contribution is 2.30. The molecular weight excluding hydrogens is 357 g/mol. The molecule has 0 aliphatic rings. The highest BCUT2D eigenvalue weighted by molar-refractivity contribution is 6.06. The van der Waals surface area contributed by atoms with Gasteiger partial charge in [0.15, 0.2) is 0 Å². The minimum atomic E-state index is -4.49. The lowest BCUT2D eigenvalue weighted by Crippen LogP contribution is -2.14. The van der Waals surface area contributed by atoms with Crippen LogP contribution in [0.15, 0.2) is 72.8 Å². The number of carbonyl (C=O) groups excluding carboxylic acids is 2. The summed E-state index contributed by atoms with van der Waals surface area (Å²) in [7, 11) is 0. The summed E-state index contributed by atoms with van der Waals surface area (Å²) in [4.78, 5) is 24.0. The van der Waals surface area contributed by atoms with Gasteiger partial charge in [-0.1, -0.05) is 30.4 Å². The zero-order chi connectivity index (χ0) is 19.9. The summed E-state index contributed by atoms with van der Waals surface area (Å²) in [6, 6.07) is 10.5. The van der Waals surface area contributed by atoms with Crippen molar-refractivity contribution >= 4 is 23.2 Å². The summed E-state index contributed by atoms with van der Waals surface area (Å²) >= 11 is 0. The molecule has 0 aliphatic carbocycles. The number of anilines is 2. The second kappa shape index (κ2) is 8.84. The predicted octanol–water partition coefficient (Wildman–Crippen LogP) is 5.03. The van der Waals surface area contributed by atoms with Crippen LogP contribution in [-0.2, 0) is 11.0 Å². The van der Waals surface area contributed by atoms with Gasteiger partial charge in [-0.15, -0.1) is 0 Å². The topological polar surface area (TPSA) is 58.2 Å². The van der Waals surface area contributed by atoms with Gasteiger partial charge in [-0.05, 0) is 43.3 Å². The zero-order valence-electron chi connectivity index (χ0n) is 14.4. The standard InChI is InChI=1S/C20H17F3N2O2/c1-2-3-4-11-18(26)24-16-9-5-7-14(12-16)19(27)25-17-10-6-8-15(13-17)20(21,22)23/h2-13H,1H3,(H,24,26)(H,25,27)/b3-2+,11-4+. The SMILES string of the molecule is C/C=C/C=C/C(=O)Nc1cccc(C(=O)Nc2cccc(C(F)(F)F)c2)c1. The van der Waals surface area contributed by atoms with Gasteiger partial charge in [-0.25, -0.2) is 0 Å². The number of carbonyl (C=O) groups is 2. The number of amides is 2. The average molecular weight is 374 g/mol. The molecule has 2 aromatic carbocycles. The minimum Gasteiger partial charge on any atom is -0.322 e. The number of rotatable bonds is 5. The fourth-order valence-electron chi connectivity index (χ4n) is 2.15. The van der Waals surface area contributed by atoms with Crippen LogP contribution in [-0.4, -0.2) is 11.8 Å². The van der Waals surface area contributed by atoms with Gasteiger partial charge in [0.2, 0.25) is 5.91 Å². The Morgan fingerprint density at radius 3 is 2.26 bits per heavy atom. The molecule has 0 atom stereocenters. The molecule has 2 amide bonds. The van der Waals surface area contributed by atoms with E-state index in [1.54, 1.807) is 30.4 Å². The second-order valence-electron chi connectivity index (χ2n) is 5.49. The number of halogens is 3. The third kappa shape index (κ3) is 6.14. The van der Waals surface area contributed by atoms with Crippen molar-refractivity contribution in [2.45, 2.75) is 13.1 Å². The molecule has 2 rings (SSSR count). The summed E-state index contributed by atoms with van der Waals surface area (Å²) in [5.41, 5.74) is -0.239. The zero-order valence-corrected chi connectivity index (χ0v) is 14.4. The van der Waals surface area contributed by atoms with Crippen molar-refractivity contribution in [2.75, 3.05) is 10.6 Å². The molecule has 0 saturated carbocycles. The average Bonchev–Trinajstić information content (AvgIpc) is 2.61. The van der Waals surface area contributed by atoms with Gasteiger partial charge in [0, 0.05) is 23.0 Å². The van der Waals surface area contributed by atoms with E-state index in [0.717, 1.165) is 12.1 Å². The summed E-state index contributed by atoms with van der Waals surface area (Å²) in [6.45, 7) is 1.81. The fraction of sp³-hybridized carbons (Fsp3) is 0.100. The monoisotopic (exact) mass is 374 g/mol. The van der Waals surface area contributed by atoms with E-state index in [2.05, 4.69) is 10.6 Å². The molecule has 2 N–H and O–H groups in total. The Kier molecular flexibility index (Phi) is 6.54. The third-order valence-corrected chi connectivity index (χ3v) is 3.39. The lowest BCUT2D eigenvalue weighted by molar-refractivity contribution is -0.137. The molecule has 2 aromatic rings. The van der Waals surface area contributed by atoms with Crippen LogP contribution in [0.3, 0.4) is 0 Å². The van der Waals surface area contributed by atoms with Crippen molar-refractivity contribution in [1.29, 1.82) is 0 Å². The Balaban J connectivity index is 2.10. The van der Waals surface area contributed by atoms with Crippen molar-refractivity contribution in [1.82, 2.24) is 0 Å². The summed E-state index contributed by atoms with van der Waals surface area (Å²) < 4.78 is 38.3. The molecule has 7 heteroatoms. The van der Waals surface area contributed by atoms with E-state index in [4.69, 9.17) is 0 Å². The molecule has 0 aliphatic heterocycles. The Labute approximate surface area is 154 Å². The van der Waals surface area contributed by atoms with Crippen LogP contribution in [0.4, 0.5) is 24.5 Å². The van der Waals surface area contributed by atoms with Crippen LogP contribution in [0, 0.1) is 0 Å². The Hall–Kier alpha value is -3.35. The van der Waals surface area contributed by atoms with Crippen LogP contribution in [0.2, 0.25) is 0 Å². The number of alkyl halides is 3. The predicted molar refractivity (Wildman–Crippen MR) is 98.4 cm³/mol. The molecule has 0 unspecified atom stereocenters. The number of allylic oxidation sites excluding steroid dienone is 3. The molecule has 27 heavy (non-hydrogen) atoms. The molecule has 0 saturated heterocycles. The van der Waals surface area contributed by atoms with E-state index in [1.165, 1.54) is 30.3 Å². The van der Waals surface area contributed by atoms with E-state index < -0.39 is 17.6 Å². The van der Waals surface area contributed by atoms with E-state index in [1.807, 2.05) is 6.92 Å². The number of hydrogen-bond acceptors (Lipinski definition) is 2. The Bertz CT molecular complexity index is 887. The highest BCUT2D eigenvalue weighted by Gasteiger charge is 2.30. The minimum absolute atomic E-state index is 0.0264. The van der Waals surface area contributed by atoms with Gasteiger partial charge >= 0.3 is 6.18 Å². The van der Waals surface area contributed by atoms with Gasteiger partial charge in [-0.3, -0.25) is 9.59 Å². The van der Waals surface area contributed by atoms with E-state index >= 15 is 0 Å². The third-order valence-electron chi connectivity index (χ3n) is 3.39. The first-order chi connectivity index (χ1) is 12.8. The van der Waals surface area contributed by atoms with E-state index in [-0.39, 0.29) is 17.2 Å². The molecule has 0 bridgehead atoms. The second-order valence-corrected chi connectivity index (χ2v) is 5.49. The maximum Gasteiger partial charge on any atom is 0.416 e. The Morgan fingerprint density at radius 1 is 0.926 bits per heavy atom. The maximum absolute atomic E-state index is 12.8. The van der Waals surface area contributed by atoms with Crippen LogP contribution < -0.4 is 10.6 Å². The van der Waals surface area contributed by atoms with Crippen LogP contribution in [0.25, 0.3) is 0 Å². The fourth-order valence-corrected chi connectivity index (χ4v) is 2.15.